The van der Waals surface area contributed by atoms with Gasteiger partial charge in [-0.2, -0.15) is 0 Å². The molecule has 18 heavy (non-hydrogen) atoms. The van der Waals surface area contributed by atoms with Crippen LogP contribution in [0, 0.1) is 10.1 Å². The second-order valence-electron chi connectivity index (χ2n) is 4.12. The van der Waals surface area contributed by atoms with Crippen molar-refractivity contribution in [3.63, 3.8) is 0 Å². The van der Waals surface area contributed by atoms with E-state index in [0.29, 0.717) is 18.5 Å². The molecule has 2 rings (SSSR count). The first-order valence-electron chi connectivity index (χ1n) is 5.40. The van der Waals surface area contributed by atoms with Crippen molar-refractivity contribution in [2.24, 2.45) is 0 Å². The van der Waals surface area contributed by atoms with E-state index < -0.39 is 11.0 Å². The van der Waals surface area contributed by atoms with Gasteiger partial charge < -0.3 is 10.0 Å². The van der Waals surface area contributed by atoms with E-state index in [2.05, 4.69) is 0 Å². The Hall–Kier alpha value is -1.66. The monoisotopic (exact) mass is 270 g/mol. The Morgan fingerprint density at radius 1 is 1.56 bits per heavy atom. The van der Waals surface area contributed by atoms with Crippen molar-refractivity contribution in [2.75, 3.05) is 13.1 Å². The van der Waals surface area contributed by atoms with Gasteiger partial charge in [0.05, 0.1) is 11.0 Å². The minimum absolute atomic E-state index is 0.0643. The minimum atomic E-state index is -0.601. The fourth-order valence-electron chi connectivity index (χ4n) is 1.90. The molecule has 96 valence electrons. The van der Waals surface area contributed by atoms with E-state index in [4.69, 9.17) is 11.6 Å². The topological polar surface area (TPSA) is 83.7 Å². The maximum Gasteiger partial charge on any atom is 0.287 e. The fraction of sp³-hybridized carbons (Fsp3) is 0.364. The summed E-state index contributed by atoms with van der Waals surface area (Å²) in [7, 11) is 0. The Bertz CT molecular complexity index is 506. The molecule has 0 saturated carbocycles. The van der Waals surface area contributed by atoms with Crippen molar-refractivity contribution in [2.45, 2.75) is 12.5 Å². The van der Waals surface area contributed by atoms with Crippen molar-refractivity contribution in [3.8, 4) is 0 Å². The van der Waals surface area contributed by atoms with Crippen molar-refractivity contribution >= 4 is 23.2 Å². The summed E-state index contributed by atoms with van der Waals surface area (Å²) >= 11 is 5.74. The van der Waals surface area contributed by atoms with Crippen LogP contribution >= 0.6 is 11.6 Å². The normalized spacial score (nSPS) is 19.0. The zero-order valence-corrected chi connectivity index (χ0v) is 10.1. The molecule has 0 bridgehead atoms. The van der Waals surface area contributed by atoms with Crippen molar-refractivity contribution in [1.29, 1.82) is 0 Å². The number of hydrogen-bond acceptors (Lipinski definition) is 4. The number of aliphatic hydroxyl groups is 1. The molecule has 0 unspecified atom stereocenters. The van der Waals surface area contributed by atoms with Gasteiger partial charge >= 0.3 is 0 Å². The lowest BCUT2D eigenvalue weighted by Crippen LogP contribution is -2.29. The number of likely N-dealkylation sites (tertiary alicyclic amines) is 1. The molecule has 1 aliphatic rings. The van der Waals surface area contributed by atoms with E-state index in [1.54, 1.807) is 0 Å². The highest BCUT2D eigenvalue weighted by molar-refractivity contribution is 6.33. The maximum absolute atomic E-state index is 12.0. The van der Waals surface area contributed by atoms with Gasteiger partial charge in [-0.3, -0.25) is 14.9 Å². The lowest BCUT2D eigenvalue weighted by Gasteiger charge is -2.15. The molecule has 7 heteroatoms. The average molecular weight is 271 g/mol. The van der Waals surface area contributed by atoms with Gasteiger partial charge in [-0.05, 0) is 18.6 Å². The van der Waals surface area contributed by atoms with Crippen LogP contribution in [0.2, 0.25) is 5.02 Å². The van der Waals surface area contributed by atoms with E-state index in [1.807, 2.05) is 0 Å². The number of nitrogens with zero attached hydrogens (tertiary/aromatic N) is 2. The third kappa shape index (κ3) is 2.44. The largest absolute Gasteiger partial charge is 0.391 e. The van der Waals surface area contributed by atoms with Gasteiger partial charge in [0.1, 0.15) is 5.02 Å². The van der Waals surface area contributed by atoms with Crippen molar-refractivity contribution < 1.29 is 14.8 Å². The molecule has 6 nitrogen and oxygen atoms in total. The Labute approximate surface area is 108 Å². The lowest BCUT2D eigenvalue weighted by molar-refractivity contribution is -0.384. The van der Waals surface area contributed by atoms with Gasteiger partial charge in [0, 0.05) is 24.7 Å². The molecule has 1 amide bonds. The number of aliphatic hydroxyl groups excluding tert-OH is 1. The van der Waals surface area contributed by atoms with Crippen LogP contribution in [0.4, 0.5) is 5.69 Å². The van der Waals surface area contributed by atoms with Crippen LogP contribution in [0.25, 0.3) is 0 Å². The first-order chi connectivity index (χ1) is 8.49. The molecule has 1 heterocycles. The number of β-amino-alcohol motifs (C(OH)–C–C–N with tert-alkyl or cyclic N) is 1. The van der Waals surface area contributed by atoms with E-state index in [1.165, 1.54) is 23.1 Å². The van der Waals surface area contributed by atoms with E-state index in [-0.39, 0.29) is 23.2 Å². The predicted octanol–water partition coefficient (Wildman–Crippen LogP) is 1.45. The summed E-state index contributed by atoms with van der Waals surface area (Å²) in [5.41, 5.74) is 0.0642. The molecule has 1 N–H and O–H groups in total. The quantitative estimate of drug-likeness (QED) is 0.651. The number of amides is 1. The second kappa shape index (κ2) is 4.91. The van der Waals surface area contributed by atoms with E-state index >= 15 is 0 Å². The van der Waals surface area contributed by atoms with E-state index in [0.717, 1.165) is 0 Å². The number of halogens is 1. The smallest absolute Gasteiger partial charge is 0.287 e. The SMILES string of the molecule is O=C(c1ccc([N+](=O)[O-])c(Cl)c1)N1CC[C@H](O)C1. The molecule has 0 radical (unpaired) electrons. The van der Waals surface area contributed by atoms with Gasteiger partial charge in [0.15, 0.2) is 0 Å². The maximum atomic E-state index is 12.0. The van der Waals surface area contributed by atoms with Gasteiger partial charge in [0.2, 0.25) is 0 Å². The highest BCUT2D eigenvalue weighted by Crippen LogP contribution is 2.26. The Balaban J connectivity index is 2.21. The van der Waals surface area contributed by atoms with Crippen LogP contribution in [0.5, 0.6) is 0 Å². The lowest BCUT2D eigenvalue weighted by atomic mass is 10.2. The minimum Gasteiger partial charge on any atom is -0.391 e. The van der Waals surface area contributed by atoms with Crippen molar-refractivity contribution in [3.05, 3.63) is 38.9 Å². The Morgan fingerprint density at radius 3 is 2.78 bits per heavy atom. The number of benzene rings is 1. The van der Waals surface area contributed by atoms with Gasteiger partial charge in [-0.25, -0.2) is 0 Å². The predicted molar refractivity (Wildman–Crippen MR) is 64.6 cm³/mol. The molecule has 0 aromatic heterocycles. The summed E-state index contributed by atoms with van der Waals surface area (Å²) in [5, 5.41) is 19.9. The zero-order chi connectivity index (χ0) is 13.3. The molecule has 1 aromatic carbocycles. The standard InChI is InChI=1S/C11H11ClN2O4/c12-9-5-7(1-2-10(9)14(17)18)11(16)13-4-3-8(15)6-13/h1-2,5,8,15H,3-4,6H2/t8-/m0/s1. The fourth-order valence-corrected chi connectivity index (χ4v) is 2.15. The molecule has 1 saturated heterocycles. The van der Waals surface area contributed by atoms with Gasteiger partial charge in [-0.1, -0.05) is 11.6 Å². The molecule has 1 fully saturated rings. The summed E-state index contributed by atoms with van der Waals surface area (Å²) in [6.07, 6.45) is 0.0504. The Morgan fingerprint density at radius 2 is 2.28 bits per heavy atom. The first kappa shape index (κ1) is 12.8. The summed E-state index contributed by atoms with van der Waals surface area (Å²) in [6, 6.07) is 3.87. The molecule has 1 aliphatic heterocycles. The number of nitro benzene ring substituents is 1. The molecule has 0 spiro atoms. The van der Waals surface area contributed by atoms with E-state index in [9.17, 15) is 20.0 Å². The number of hydrogen-bond donors (Lipinski definition) is 1. The number of carbonyl (C=O) groups is 1. The first-order valence-corrected chi connectivity index (χ1v) is 5.78. The van der Waals surface area contributed by atoms with Crippen LogP contribution in [0.3, 0.4) is 0 Å². The summed E-state index contributed by atoms with van der Waals surface area (Å²) in [4.78, 5) is 23.5. The summed E-state index contributed by atoms with van der Waals surface area (Å²) in [6.45, 7) is 0.766. The number of carbonyl (C=O) groups excluding carboxylic acids is 1. The summed E-state index contributed by atoms with van der Waals surface area (Å²) in [5.74, 6) is -0.275. The third-order valence-corrected chi connectivity index (χ3v) is 3.14. The van der Waals surface area contributed by atoms with Crippen LogP contribution in [-0.2, 0) is 0 Å². The second-order valence-corrected chi connectivity index (χ2v) is 4.52. The Kier molecular flexibility index (Phi) is 3.49. The summed E-state index contributed by atoms with van der Waals surface area (Å²) < 4.78 is 0. The molecule has 0 aliphatic carbocycles. The average Bonchev–Trinajstić information content (AvgIpc) is 2.74. The molecular formula is C11H11ClN2O4. The molecule has 1 atom stereocenters. The van der Waals surface area contributed by atoms with Crippen molar-refractivity contribution in [1.82, 2.24) is 4.90 Å². The van der Waals surface area contributed by atoms with Crippen LogP contribution < -0.4 is 0 Å². The third-order valence-electron chi connectivity index (χ3n) is 2.84. The molecular weight excluding hydrogens is 260 g/mol. The van der Waals surface area contributed by atoms with Gasteiger partial charge in [0.25, 0.3) is 11.6 Å². The van der Waals surface area contributed by atoms with Crippen LogP contribution in [-0.4, -0.2) is 40.0 Å². The number of nitro groups is 1. The van der Waals surface area contributed by atoms with Crippen LogP contribution in [0.1, 0.15) is 16.8 Å². The number of rotatable bonds is 2. The van der Waals surface area contributed by atoms with Gasteiger partial charge in [-0.15, -0.1) is 0 Å². The zero-order valence-electron chi connectivity index (χ0n) is 9.38. The highest BCUT2D eigenvalue weighted by Gasteiger charge is 2.26. The van der Waals surface area contributed by atoms with Crippen LogP contribution in [0.15, 0.2) is 18.2 Å². The molecule has 1 aromatic rings. The highest BCUT2D eigenvalue weighted by atomic mass is 35.5.